The average Bonchev–Trinajstić information content (AvgIpc) is 2.40. The molecule has 0 aromatic heterocycles. The molecule has 5 heteroatoms. The lowest BCUT2D eigenvalue weighted by Crippen LogP contribution is -2.47. The smallest absolute Gasteiger partial charge is 0.249 e. The highest BCUT2D eigenvalue weighted by Gasteiger charge is 2.26. The van der Waals surface area contributed by atoms with Crippen LogP contribution >= 0.6 is 0 Å². The molecule has 0 bridgehead atoms. The van der Waals surface area contributed by atoms with Gasteiger partial charge < -0.3 is 11.1 Å². The molecule has 98 valence electrons. The highest BCUT2D eigenvalue weighted by molar-refractivity contribution is 6.01. The van der Waals surface area contributed by atoms with Gasteiger partial charge in [-0.3, -0.25) is 14.9 Å². The quantitative estimate of drug-likeness (QED) is 0.522. The predicted molar refractivity (Wildman–Crippen MR) is 72.2 cm³/mol. The average molecular weight is 257 g/mol. The van der Waals surface area contributed by atoms with Crippen molar-refractivity contribution in [3.8, 4) is 11.8 Å². The van der Waals surface area contributed by atoms with Crippen molar-refractivity contribution in [1.82, 2.24) is 5.32 Å². The summed E-state index contributed by atoms with van der Waals surface area (Å²) < 4.78 is 0. The minimum absolute atomic E-state index is 0.217. The molecule has 1 aliphatic rings. The minimum Gasteiger partial charge on any atom is -0.374 e. The Bertz CT molecular complexity index is 557. The monoisotopic (exact) mass is 257 g/mol. The van der Waals surface area contributed by atoms with E-state index in [2.05, 4.69) is 22.5 Å². The lowest BCUT2D eigenvalue weighted by molar-refractivity contribution is -0.133. The normalized spacial score (nSPS) is 18.3. The SMILES string of the molecule is NCC#Cc1cccc(N[C@@H]2CCC(=O)NC2=O)c1. The number of benzene rings is 1. The zero-order valence-electron chi connectivity index (χ0n) is 10.4. The molecule has 1 heterocycles. The maximum atomic E-state index is 11.6. The Kier molecular flexibility index (Phi) is 4.16. The van der Waals surface area contributed by atoms with Gasteiger partial charge in [-0.05, 0) is 24.6 Å². The summed E-state index contributed by atoms with van der Waals surface area (Å²) >= 11 is 0. The summed E-state index contributed by atoms with van der Waals surface area (Å²) in [6.07, 6.45) is 0.861. The van der Waals surface area contributed by atoms with Gasteiger partial charge >= 0.3 is 0 Å². The molecule has 1 fully saturated rings. The molecule has 1 aromatic carbocycles. The van der Waals surface area contributed by atoms with Crippen molar-refractivity contribution in [2.24, 2.45) is 5.73 Å². The van der Waals surface area contributed by atoms with Crippen LogP contribution in [0.15, 0.2) is 24.3 Å². The molecular formula is C14H15N3O2. The summed E-state index contributed by atoms with van der Waals surface area (Å²) in [5, 5.41) is 5.42. The van der Waals surface area contributed by atoms with Crippen LogP contribution in [0.2, 0.25) is 0 Å². The van der Waals surface area contributed by atoms with E-state index < -0.39 is 0 Å². The summed E-state index contributed by atoms with van der Waals surface area (Å²) in [6, 6.07) is 7.06. The Morgan fingerprint density at radius 3 is 3.00 bits per heavy atom. The lowest BCUT2D eigenvalue weighted by atomic mass is 10.1. The van der Waals surface area contributed by atoms with Gasteiger partial charge in [-0.25, -0.2) is 0 Å². The lowest BCUT2D eigenvalue weighted by Gasteiger charge is -2.22. The van der Waals surface area contributed by atoms with Crippen molar-refractivity contribution >= 4 is 17.5 Å². The Balaban J connectivity index is 2.06. The van der Waals surface area contributed by atoms with E-state index >= 15 is 0 Å². The molecule has 0 unspecified atom stereocenters. The third-order valence-electron chi connectivity index (χ3n) is 2.78. The van der Waals surface area contributed by atoms with Gasteiger partial charge in [-0.1, -0.05) is 17.9 Å². The Labute approximate surface area is 111 Å². The van der Waals surface area contributed by atoms with Crippen LogP contribution in [-0.4, -0.2) is 24.4 Å². The number of piperidine rings is 1. The second-order valence-corrected chi connectivity index (χ2v) is 4.23. The fourth-order valence-corrected chi connectivity index (χ4v) is 1.87. The number of hydrogen-bond acceptors (Lipinski definition) is 4. The number of hydrogen-bond donors (Lipinski definition) is 3. The standard InChI is InChI=1S/C14H15N3O2/c15-8-2-4-10-3-1-5-11(9-10)16-12-6-7-13(18)17-14(12)19/h1,3,5,9,12,16H,6-8,15H2,(H,17,18,19)/t12-/m1/s1. The molecule has 1 saturated heterocycles. The van der Waals surface area contributed by atoms with Gasteiger partial charge in [0, 0.05) is 17.7 Å². The fraction of sp³-hybridized carbons (Fsp3) is 0.286. The van der Waals surface area contributed by atoms with Crippen molar-refractivity contribution in [1.29, 1.82) is 0 Å². The van der Waals surface area contributed by atoms with Gasteiger partial charge in [-0.15, -0.1) is 0 Å². The van der Waals surface area contributed by atoms with E-state index in [-0.39, 0.29) is 17.9 Å². The van der Waals surface area contributed by atoms with Gasteiger partial charge in [0.2, 0.25) is 11.8 Å². The van der Waals surface area contributed by atoms with Crippen LogP contribution in [0.25, 0.3) is 0 Å². The summed E-state index contributed by atoms with van der Waals surface area (Å²) in [5.41, 5.74) is 6.96. The molecule has 2 rings (SSSR count). The van der Waals surface area contributed by atoms with Crippen LogP contribution in [0, 0.1) is 11.8 Å². The van der Waals surface area contributed by atoms with Crippen LogP contribution < -0.4 is 16.4 Å². The highest BCUT2D eigenvalue weighted by atomic mass is 16.2. The summed E-state index contributed by atoms with van der Waals surface area (Å²) in [5.74, 6) is 5.21. The molecule has 0 spiro atoms. The number of nitrogens with two attached hydrogens (primary N) is 1. The molecule has 5 nitrogen and oxygen atoms in total. The van der Waals surface area contributed by atoms with E-state index in [4.69, 9.17) is 5.73 Å². The molecule has 0 aliphatic carbocycles. The van der Waals surface area contributed by atoms with Crippen molar-refractivity contribution in [3.63, 3.8) is 0 Å². The maximum absolute atomic E-state index is 11.6. The van der Waals surface area contributed by atoms with Crippen LogP contribution in [-0.2, 0) is 9.59 Å². The van der Waals surface area contributed by atoms with Crippen molar-refractivity contribution in [2.45, 2.75) is 18.9 Å². The Morgan fingerprint density at radius 1 is 1.42 bits per heavy atom. The van der Waals surface area contributed by atoms with E-state index in [1.807, 2.05) is 24.3 Å². The first kappa shape index (κ1) is 13.1. The largest absolute Gasteiger partial charge is 0.374 e. The number of nitrogens with one attached hydrogen (secondary N) is 2. The second-order valence-electron chi connectivity index (χ2n) is 4.23. The van der Waals surface area contributed by atoms with E-state index in [1.54, 1.807) is 0 Å². The highest BCUT2D eigenvalue weighted by Crippen LogP contribution is 2.15. The van der Waals surface area contributed by atoms with E-state index in [0.29, 0.717) is 19.4 Å². The van der Waals surface area contributed by atoms with Gasteiger partial charge in [0.15, 0.2) is 0 Å². The number of carbonyl (C=O) groups is 2. The van der Waals surface area contributed by atoms with E-state index in [0.717, 1.165) is 11.3 Å². The molecule has 1 aromatic rings. The Hall–Kier alpha value is -2.32. The Morgan fingerprint density at radius 2 is 2.26 bits per heavy atom. The fourth-order valence-electron chi connectivity index (χ4n) is 1.87. The molecule has 2 amide bonds. The molecule has 1 atom stereocenters. The third kappa shape index (κ3) is 3.57. The van der Waals surface area contributed by atoms with Crippen LogP contribution in [0.1, 0.15) is 18.4 Å². The molecule has 4 N–H and O–H groups in total. The second kappa shape index (κ2) is 6.03. The third-order valence-corrected chi connectivity index (χ3v) is 2.78. The molecule has 1 aliphatic heterocycles. The van der Waals surface area contributed by atoms with Crippen LogP contribution in [0.3, 0.4) is 0 Å². The number of imide groups is 1. The first-order valence-electron chi connectivity index (χ1n) is 6.08. The van der Waals surface area contributed by atoms with Crippen molar-refractivity contribution in [2.75, 3.05) is 11.9 Å². The summed E-state index contributed by atoms with van der Waals surface area (Å²) in [7, 11) is 0. The first-order valence-corrected chi connectivity index (χ1v) is 6.08. The van der Waals surface area contributed by atoms with Crippen LogP contribution in [0.4, 0.5) is 5.69 Å². The molecule has 19 heavy (non-hydrogen) atoms. The molecular weight excluding hydrogens is 242 g/mol. The first-order chi connectivity index (χ1) is 9.19. The van der Waals surface area contributed by atoms with Gasteiger partial charge in [-0.2, -0.15) is 0 Å². The maximum Gasteiger partial charge on any atom is 0.249 e. The van der Waals surface area contributed by atoms with Crippen LogP contribution in [0.5, 0.6) is 0 Å². The summed E-state index contributed by atoms with van der Waals surface area (Å²) in [4.78, 5) is 22.7. The van der Waals surface area contributed by atoms with E-state index in [1.165, 1.54) is 0 Å². The molecule has 0 radical (unpaired) electrons. The molecule has 0 saturated carbocycles. The van der Waals surface area contributed by atoms with Crippen molar-refractivity contribution in [3.05, 3.63) is 29.8 Å². The predicted octanol–water partition coefficient (Wildman–Crippen LogP) is 0.214. The van der Waals surface area contributed by atoms with E-state index in [9.17, 15) is 9.59 Å². The minimum atomic E-state index is -0.379. The number of anilines is 1. The zero-order chi connectivity index (χ0) is 13.7. The summed E-state index contributed by atoms with van der Waals surface area (Å²) in [6.45, 7) is 0.310. The van der Waals surface area contributed by atoms with Gasteiger partial charge in [0.05, 0.1) is 6.54 Å². The van der Waals surface area contributed by atoms with Gasteiger partial charge in [0.25, 0.3) is 0 Å². The number of carbonyl (C=O) groups excluding carboxylic acids is 2. The zero-order valence-corrected chi connectivity index (χ0v) is 10.4. The number of rotatable bonds is 2. The topological polar surface area (TPSA) is 84.2 Å². The van der Waals surface area contributed by atoms with Gasteiger partial charge in [0.1, 0.15) is 6.04 Å². The number of amides is 2. The van der Waals surface area contributed by atoms with Crippen molar-refractivity contribution < 1.29 is 9.59 Å².